The summed E-state index contributed by atoms with van der Waals surface area (Å²) in [6.07, 6.45) is 0. The van der Waals surface area contributed by atoms with Crippen LogP contribution < -0.4 is 16.0 Å². The fourth-order valence-electron chi connectivity index (χ4n) is 1.78. The maximum absolute atomic E-state index is 5.61. The Bertz CT molecular complexity index is 359. The highest BCUT2D eigenvalue weighted by molar-refractivity contribution is 7.80. The fourth-order valence-corrected chi connectivity index (χ4v) is 1.91. The fraction of sp³-hybridized carbons (Fsp3) is 0.364. The predicted molar refractivity (Wildman–Crippen MR) is 67.4 cm³/mol. The Hall–Kier alpha value is -1.13. The van der Waals surface area contributed by atoms with E-state index >= 15 is 0 Å². The van der Waals surface area contributed by atoms with E-state index in [0.29, 0.717) is 4.99 Å². The van der Waals surface area contributed by atoms with Gasteiger partial charge in [-0.1, -0.05) is 24.4 Å². The number of thiocarbonyl (C=S) groups is 1. The van der Waals surface area contributed by atoms with Crippen molar-refractivity contribution in [3.8, 4) is 0 Å². The lowest BCUT2D eigenvalue weighted by Gasteiger charge is -2.29. The van der Waals surface area contributed by atoms with E-state index in [1.807, 2.05) is 12.1 Å². The van der Waals surface area contributed by atoms with E-state index in [1.165, 1.54) is 5.69 Å². The standard InChI is InChI=1S/C11H15N3S/c12-11(15)9-2-1-3-10(8-9)14-6-4-13-5-7-14/h1-3,8,13H,4-7H2,(H2,12,15). The number of nitrogens with one attached hydrogen (secondary N) is 1. The van der Waals surface area contributed by atoms with Gasteiger partial charge in [0.15, 0.2) is 0 Å². The van der Waals surface area contributed by atoms with Crippen LogP contribution in [-0.4, -0.2) is 31.2 Å². The molecule has 4 heteroatoms. The second-order valence-electron chi connectivity index (χ2n) is 3.65. The van der Waals surface area contributed by atoms with Crippen LogP contribution in [0.25, 0.3) is 0 Å². The molecule has 3 nitrogen and oxygen atoms in total. The van der Waals surface area contributed by atoms with Crippen LogP contribution in [0, 0.1) is 0 Å². The van der Waals surface area contributed by atoms with Crippen LogP contribution in [0.4, 0.5) is 5.69 Å². The Labute approximate surface area is 95.3 Å². The zero-order valence-corrected chi connectivity index (χ0v) is 9.39. The molecule has 0 saturated carbocycles. The molecular weight excluding hydrogens is 206 g/mol. The number of piperazine rings is 1. The summed E-state index contributed by atoms with van der Waals surface area (Å²) in [6, 6.07) is 8.13. The number of hydrogen-bond donors (Lipinski definition) is 2. The molecule has 0 amide bonds. The minimum Gasteiger partial charge on any atom is -0.389 e. The lowest BCUT2D eigenvalue weighted by molar-refractivity contribution is 0.589. The Morgan fingerprint density at radius 2 is 2.07 bits per heavy atom. The molecule has 1 saturated heterocycles. The van der Waals surface area contributed by atoms with Crippen molar-refractivity contribution in [1.82, 2.24) is 5.32 Å². The van der Waals surface area contributed by atoms with Gasteiger partial charge >= 0.3 is 0 Å². The van der Waals surface area contributed by atoms with Crippen LogP contribution in [0.2, 0.25) is 0 Å². The Balaban J connectivity index is 2.19. The molecule has 2 rings (SSSR count). The lowest BCUT2D eigenvalue weighted by atomic mass is 10.2. The SMILES string of the molecule is NC(=S)c1cccc(N2CCNCC2)c1. The lowest BCUT2D eigenvalue weighted by Crippen LogP contribution is -2.43. The summed E-state index contributed by atoms with van der Waals surface area (Å²) in [5.74, 6) is 0. The molecule has 1 aromatic carbocycles. The highest BCUT2D eigenvalue weighted by Gasteiger charge is 2.10. The van der Waals surface area contributed by atoms with Crippen molar-refractivity contribution >= 4 is 22.9 Å². The van der Waals surface area contributed by atoms with Crippen molar-refractivity contribution in [1.29, 1.82) is 0 Å². The monoisotopic (exact) mass is 221 g/mol. The van der Waals surface area contributed by atoms with Gasteiger partial charge in [-0.2, -0.15) is 0 Å². The van der Waals surface area contributed by atoms with E-state index in [4.69, 9.17) is 18.0 Å². The normalized spacial score (nSPS) is 16.4. The van der Waals surface area contributed by atoms with Gasteiger partial charge in [-0.05, 0) is 12.1 Å². The van der Waals surface area contributed by atoms with Crippen LogP contribution in [-0.2, 0) is 0 Å². The number of nitrogens with zero attached hydrogens (tertiary/aromatic N) is 1. The van der Waals surface area contributed by atoms with Crippen LogP contribution in [0.3, 0.4) is 0 Å². The first-order valence-corrected chi connectivity index (χ1v) is 5.54. The zero-order chi connectivity index (χ0) is 10.7. The molecule has 1 fully saturated rings. The molecule has 1 heterocycles. The summed E-state index contributed by atoms with van der Waals surface area (Å²) in [6.45, 7) is 4.16. The van der Waals surface area contributed by atoms with Gasteiger partial charge in [0.25, 0.3) is 0 Å². The minimum absolute atomic E-state index is 0.465. The summed E-state index contributed by atoms with van der Waals surface area (Å²) in [4.78, 5) is 2.81. The van der Waals surface area contributed by atoms with E-state index < -0.39 is 0 Å². The van der Waals surface area contributed by atoms with Gasteiger partial charge in [0.05, 0.1) is 0 Å². The van der Waals surface area contributed by atoms with Crippen molar-refractivity contribution < 1.29 is 0 Å². The van der Waals surface area contributed by atoms with Gasteiger partial charge in [0.1, 0.15) is 4.99 Å². The van der Waals surface area contributed by atoms with E-state index in [0.717, 1.165) is 31.7 Å². The van der Waals surface area contributed by atoms with Crippen LogP contribution in [0.1, 0.15) is 5.56 Å². The van der Waals surface area contributed by atoms with Crippen molar-refractivity contribution in [2.45, 2.75) is 0 Å². The average Bonchev–Trinajstić information content (AvgIpc) is 2.30. The maximum atomic E-state index is 5.61. The van der Waals surface area contributed by atoms with Crippen LogP contribution in [0.15, 0.2) is 24.3 Å². The molecule has 80 valence electrons. The quantitative estimate of drug-likeness (QED) is 0.723. The van der Waals surface area contributed by atoms with E-state index in [-0.39, 0.29) is 0 Å². The second-order valence-corrected chi connectivity index (χ2v) is 4.09. The summed E-state index contributed by atoms with van der Waals surface area (Å²) >= 11 is 4.97. The topological polar surface area (TPSA) is 41.3 Å². The smallest absolute Gasteiger partial charge is 0.104 e. The molecule has 0 aromatic heterocycles. The number of anilines is 1. The van der Waals surface area contributed by atoms with Crippen LogP contribution >= 0.6 is 12.2 Å². The van der Waals surface area contributed by atoms with Gasteiger partial charge in [-0.15, -0.1) is 0 Å². The number of rotatable bonds is 2. The molecule has 15 heavy (non-hydrogen) atoms. The summed E-state index contributed by atoms with van der Waals surface area (Å²) in [5.41, 5.74) is 7.77. The molecule has 0 radical (unpaired) electrons. The average molecular weight is 221 g/mol. The van der Waals surface area contributed by atoms with E-state index in [2.05, 4.69) is 22.3 Å². The summed E-state index contributed by atoms with van der Waals surface area (Å²) in [7, 11) is 0. The molecular formula is C11H15N3S. The highest BCUT2D eigenvalue weighted by atomic mass is 32.1. The molecule has 0 unspecified atom stereocenters. The van der Waals surface area contributed by atoms with Crippen molar-refractivity contribution in [3.05, 3.63) is 29.8 Å². The van der Waals surface area contributed by atoms with Crippen LogP contribution in [0.5, 0.6) is 0 Å². The maximum Gasteiger partial charge on any atom is 0.104 e. The highest BCUT2D eigenvalue weighted by Crippen LogP contribution is 2.16. The predicted octanol–water partition coefficient (Wildman–Crippen LogP) is 0.730. The van der Waals surface area contributed by atoms with E-state index in [1.54, 1.807) is 0 Å². The van der Waals surface area contributed by atoms with Crippen molar-refractivity contribution in [3.63, 3.8) is 0 Å². The van der Waals surface area contributed by atoms with Gasteiger partial charge in [0.2, 0.25) is 0 Å². The molecule has 0 atom stereocenters. The van der Waals surface area contributed by atoms with Crippen molar-refractivity contribution in [2.75, 3.05) is 31.1 Å². The first-order chi connectivity index (χ1) is 7.27. The first kappa shape index (κ1) is 10.4. The summed E-state index contributed by atoms with van der Waals surface area (Å²) in [5, 5.41) is 3.33. The Morgan fingerprint density at radius 3 is 2.73 bits per heavy atom. The third-order valence-corrected chi connectivity index (χ3v) is 2.85. The minimum atomic E-state index is 0.465. The van der Waals surface area contributed by atoms with Gasteiger partial charge in [0, 0.05) is 37.4 Å². The molecule has 3 N–H and O–H groups in total. The summed E-state index contributed by atoms with van der Waals surface area (Å²) < 4.78 is 0. The molecule has 0 aliphatic carbocycles. The van der Waals surface area contributed by atoms with Gasteiger partial charge in [-0.25, -0.2) is 0 Å². The Morgan fingerprint density at radius 1 is 1.33 bits per heavy atom. The molecule has 0 bridgehead atoms. The Kier molecular flexibility index (Phi) is 3.18. The third-order valence-electron chi connectivity index (χ3n) is 2.61. The number of nitrogens with two attached hydrogens (primary N) is 1. The first-order valence-electron chi connectivity index (χ1n) is 5.13. The number of hydrogen-bond acceptors (Lipinski definition) is 3. The second kappa shape index (κ2) is 4.59. The van der Waals surface area contributed by atoms with Crippen molar-refractivity contribution in [2.24, 2.45) is 5.73 Å². The zero-order valence-electron chi connectivity index (χ0n) is 8.57. The van der Waals surface area contributed by atoms with E-state index in [9.17, 15) is 0 Å². The number of benzene rings is 1. The molecule has 0 spiro atoms. The molecule has 1 aromatic rings. The molecule has 1 aliphatic rings. The third kappa shape index (κ3) is 2.46. The largest absolute Gasteiger partial charge is 0.389 e. The molecule has 1 aliphatic heterocycles. The van der Waals surface area contributed by atoms with Gasteiger partial charge < -0.3 is 16.0 Å². The van der Waals surface area contributed by atoms with Gasteiger partial charge in [-0.3, -0.25) is 0 Å².